The molecule has 25 heavy (non-hydrogen) atoms. The maximum atomic E-state index is 12.2. The van der Waals surface area contributed by atoms with Crippen LogP contribution in [0.2, 0.25) is 0 Å². The molecule has 1 aromatic rings. The Hall–Kier alpha value is -2.83. The minimum Gasteiger partial charge on any atom is -0.466 e. The topological polar surface area (TPSA) is 88.1 Å². The Morgan fingerprint density at radius 3 is 2.28 bits per heavy atom. The van der Waals surface area contributed by atoms with Crippen molar-refractivity contribution in [3.05, 3.63) is 35.9 Å². The molecule has 0 amide bonds. The fourth-order valence-electron chi connectivity index (χ4n) is 1.91. The third-order valence-corrected chi connectivity index (χ3v) is 3.16. The molecule has 0 saturated carbocycles. The summed E-state index contributed by atoms with van der Waals surface area (Å²) in [6.07, 6.45) is 2.70. The molecule has 0 aliphatic heterocycles. The molecular formula is C18H22O7. The van der Waals surface area contributed by atoms with Crippen LogP contribution in [0.4, 0.5) is 0 Å². The number of carbonyl (C=O) groups is 3. The first kappa shape index (κ1) is 20.2. The number of esters is 3. The van der Waals surface area contributed by atoms with Crippen molar-refractivity contribution < 1.29 is 33.3 Å². The van der Waals surface area contributed by atoms with Gasteiger partial charge in [0.25, 0.3) is 5.60 Å². The van der Waals surface area contributed by atoms with Crippen LogP contribution in [0.15, 0.2) is 30.3 Å². The largest absolute Gasteiger partial charge is 0.466 e. The van der Waals surface area contributed by atoms with E-state index >= 15 is 0 Å². The van der Waals surface area contributed by atoms with Gasteiger partial charge in [0.2, 0.25) is 0 Å². The highest BCUT2D eigenvalue weighted by atomic mass is 16.6. The van der Waals surface area contributed by atoms with Gasteiger partial charge in [-0.25, -0.2) is 14.4 Å². The van der Waals surface area contributed by atoms with E-state index in [0.717, 1.165) is 7.11 Å². The summed E-state index contributed by atoms with van der Waals surface area (Å²) in [7, 11) is 1.15. The molecule has 7 nitrogen and oxygen atoms in total. The van der Waals surface area contributed by atoms with E-state index in [2.05, 4.69) is 4.74 Å². The zero-order valence-corrected chi connectivity index (χ0v) is 14.7. The number of benzene rings is 1. The first-order valence-corrected chi connectivity index (χ1v) is 7.77. The highest BCUT2D eigenvalue weighted by molar-refractivity contribution is 6.03. The number of carbonyl (C=O) groups excluding carboxylic acids is 3. The number of para-hydroxylation sites is 1. The van der Waals surface area contributed by atoms with Crippen LogP contribution in [-0.2, 0) is 28.6 Å². The molecule has 0 spiro atoms. The summed E-state index contributed by atoms with van der Waals surface area (Å²) in [6.45, 7) is 4.92. The van der Waals surface area contributed by atoms with Gasteiger partial charge in [0, 0.05) is 11.6 Å². The Kier molecular flexibility index (Phi) is 7.65. The number of hydrogen-bond donors (Lipinski definition) is 0. The van der Waals surface area contributed by atoms with Crippen LogP contribution in [-0.4, -0.2) is 43.8 Å². The molecule has 7 heteroatoms. The standard InChI is InChI=1S/C18H22O7/c1-5-23-15(19)12-11-13-9-7-8-10-14(13)25-18(3,16(20)22-4)17(21)24-6-2/h7-12H,5-6H2,1-4H3/b12-11+/t18-/m0/s1. The summed E-state index contributed by atoms with van der Waals surface area (Å²) >= 11 is 0. The van der Waals surface area contributed by atoms with Crippen molar-refractivity contribution in [2.24, 2.45) is 0 Å². The van der Waals surface area contributed by atoms with E-state index in [1.54, 1.807) is 38.1 Å². The van der Waals surface area contributed by atoms with Crippen molar-refractivity contribution in [1.82, 2.24) is 0 Å². The molecule has 0 N–H and O–H groups in total. The van der Waals surface area contributed by atoms with E-state index in [0.29, 0.717) is 5.56 Å². The van der Waals surface area contributed by atoms with Crippen LogP contribution in [0.5, 0.6) is 5.75 Å². The fraction of sp³-hybridized carbons (Fsp3) is 0.389. The minimum absolute atomic E-state index is 0.0825. The van der Waals surface area contributed by atoms with Crippen LogP contribution in [0.25, 0.3) is 6.08 Å². The van der Waals surface area contributed by atoms with Gasteiger partial charge in [-0.1, -0.05) is 18.2 Å². The monoisotopic (exact) mass is 350 g/mol. The maximum absolute atomic E-state index is 12.2. The molecule has 1 rings (SSSR count). The van der Waals surface area contributed by atoms with Crippen molar-refractivity contribution in [3.8, 4) is 5.75 Å². The lowest BCUT2D eigenvalue weighted by molar-refractivity contribution is -0.176. The van der Waals surface area contributed by atoms with Gasteiger partial charge in [-0.3, -0.25) is 0 Å². The van der Waals surface area contributed by atoms with E-state index in [1.165, 1.54) is 19.1 Å². The molecule has 1 atom stereocenters. The second-order valence-corrected chi connectivity index (χ2v) is 4.97. The molecule has 0 aliphatic rings. The molecule has 0 bridgehead atoms. The van der Waals surface area contributed by atoms with Crippen molar-refractivity contribution in [2.75, 3.05) is 20.3 Å². The molecule has 0 heterocycles. The van der Waals surface area contributed by atoms with Crippen LogP contribution < -0.4 is 4.74 Å². The highest BCUT2D eigenvalue weighted by Crippen LogP contribution is 2.26. The lowest BCUT2D eigenvalue weighted by Crippen LogP contribution is -2.51. The fourth-order valence-corrected chi connectivity index (χ4v) is 1.91. The summed E-state index contributed by atoms with van der Waals surface area (Å²) < 4.78 is 20.0. The van der Waals surface area contributed by atoms with Gasteiger partial charge >= 0.3 is 17.9 Å². The summed E-state index contributed by atoms with van der Waals surface area (Å²) in [5.74, 6) is -2.07. The average Bonchev–Trinajstić information content (AvgIpc) is 2.60. The number of ether oxygens (including phenoxy) is 4. The van der Waals surface area contributed by atoms with Gasteiger partial charge in [0.15, 0.2) is 0 Å². The normalized spacial score (nSPS) is 13.0. The summed E-state index contributed by atoms with van der Waals surface area (Å²) in [6, 6.07) is 6.61. The Labute approximate surface area is 146 Å². The number of methoxy groups -OCH3 is 1. The van der Waals surface area contributed by atoms with Crippen LogP contribution in [0.3, 0.4) is 0 Å². The lowest BCUT2D eigenvalue weighted by Gasteiger charge is -2.26. The summed E-state index contributed by atoms with van der Waals surface area (Å²) in [5.41, 5.74) is -1.49. The number of rotatable bonds is 8. The van der Waals surface area contributed by atoms with E-state index < -0.39 is 23.5 Å². The molecule has 0 unspecified atom stereocenters. The van der Waals surface area contributed by atoms with Gasteiger partial charge in [-0.15, -0.1) is 0 Å². The molecule has 0 aliphatic carbocycles. The molecule has 1 aromatic carbocycles. The van der Waals surface area contributed by atoms with E-state index in [-0.39, 0.29) is 19.0 Å². The van der Waals surface area contributed by atoms with Gasteiger partial charge in [0.05, 0.1) is 20.3 Å². The predicted molar refractivity (Wildman–Crippen MR) is 89.8 cm³/mol. The van der Waals surface area contributed by atoms with Crippen molar-refractivity contribution in [3.63, 3.8) is 0 Å². The first-order chi connectivity index (χ1) is 11.9. The van der Waals surface area contributed by atoms with Gasteiger partial charge in [-0.2, -0.15) is 0 Å². The first-order valence-electron chi connectivity index (χ1n) is 7.77. The Balaban J connectivity index is 3.16. The van der Waals surface area contributed by atoms with Crippen molar-refractivity contribution in [2.45, 2.75) is 26.4 Å². The Morgan fingerprint density at radius 1 is 1.04 bits per heavy atom. The molecule has 0 fully saturated rings. The maximum Gasteiger partial charge on any atom is 0.362 e. The van der Waals surface area contributed by atoms with Crippen molar-refractivity contribution >= 4 is 24.0 Å². The zero-order chi connectivity index (χ0) is 18.9. The van der Waals surface area contributed by atoms with Crippen molar-refractivity contribution in [1.29, 1.82) is 0 Å². The van der Waals surface area contributed by atoms with E-state index in [4.69, 9.17) is 14.2 Å². The van der Waals surface area contributed by atoms with Gasteiger partial charge in [-0.05, 0) is 32.9 Å². The second kappa shape index (κ2) is 9.46. The van der Waals surface area contributed by atoms with E-state index in [9.17, 15) is 14.4 Å². The second-order valence-electron chi connectivity index (χ2n) is 4.97. The van der Waals surface area contributed by atoms with Crippen LogP contribution in [0, 0.1) is 0 Å². The molecule has 0 aromatic heterocycles. The predicted octanol–water partition coefficient (Wildman–Crippen LogP) is 2.14. The lowest BCUT2D eigenvalue weighted by atomic mass is 10.1. The van der Waals surface area contributed by atoms with Gasteiger partial charge < -0.3 is 18.9 Å². The zero-order valence-electron chi connectivity index (χ0n) is 14.7. The third kappa shape index (κ3) is 5.34. The third-order valence-electron chi connectivity index (χ3n) is 3.16. The Morgan fingerprint density at radius 2 is 1.68 bits per heavy atom. The number of hydrogen-bond acceptors (Lipinski definition) is 7. The van der Waals surface area contributed by atoms with Crippen LogP contribution >= 0.6 is 0 Å². The molecule has 136 valence electrons. The smallest absolute Gasteiger partial charge is 0.362 e. The SMILES string of the molecule is CCOC(=O)/C=C/c1ccccc1O[C@@](C)(C(=O)OC)C(=O)OCC. The minimum atomic E-state index is -1.97. The van der Waals surface area contributed by atoms with Crippen LogP contribution in [0.1, 0.15) is 26.3 Å². The Bertz CT molecular complexity index is 651. The average molecular weight is 350 g/mol. The molecule has 0 saturated heterocycles. The summed E-state index contributed by atoms with van der Waals surface area (Å²) in [5, 5.41) is 0. The molecular weight excluding hydrogens is 328 g/mol. The quantitative estimate of drug-likeness (QED) is 0.307. The summed E-state index contributed by atoms with van der Waals surface area (Å²) in [4.78, 5) is 35.7. The van der Waals surface area contributed by atoms with Gasteiger partial charge in [0.1, 0.15) is 5.75 Å². The molecule has 0 radical (unpaired) electrons. The highest BCUT2D eigenvalue weighted by Gasteiger charge is 2.47. The van der Waals surface area contributed by atoms with E-state index in [1.807, 2.05) is 0 Å².